The molecule has 1 amide bonds. The predicted octanol–water partition coefficient (Wildman–Crippen LogP) is 1.59. The Labute approximate surface area is 138 Å². The van der Waals surface area contributed by atoms with Gasteiger partial charge in [0.1, 0.15) is 0 Å². The first-order chi connectivity index (χ1) is 10.7. The molecule has 0 aromatic heterocycles. The van der Waals surface area contributed by atoms with Gasteiger partial charge >= 0.3 is 0 Å². The molecule has 1 aromatic rings. The predicted molar refractivity (Wildman–Crippen MR) is 92.1 cm³/mol. The van der Waals surface area contributed by atoms with Gasteiger partial charge in [0.15, 0.2) is 9.84 Å². The van der Waals surface area contributed by atoms with Crippen LogP contribution in [0.2, 0.25) is 0 Å². The van der Waals surface area contributed by atoms with Crippen molar-refractivity contribution in [1.82, 2.24) is 10.6 Å². The third-order valence-corrected chi connectivity index (χ3v) is 6.35. The summed E-state index contributed by atoms with van der Waals surface area (Å²) in [5.74, 6) is 0.169. The van der Waals surface area contributed by atoms with Crippen molar-refractivity contribution in [2.75, 3.05) is 18.1 Å². The lowest BCUT2D eigenvalue weighted by atomic mass is 10.0. The van der Waals surface area contributed by atoms with E-state index in [4.69, 9.17) is 0 Å². The first-order valence-corrected chi connectivity index (χ1v) is 9.89. The molecule has 0 aliphatic carbocycles. The van der Waals surface area contributed by atoms with Gasteiger partial charge in [0.2, 0.25) is 5.91 Å². The van der Waals surface area contributed by atoms with Gasteiger partial charge < -0.3 is 10.6 Å². The number of carbonyl (C=O) groups is 1. The van der Waals surface area contributed by atoms with Gasteiger partial charge in [-0.3, -0.25) is 4.79 Å². The van der Waals surface area contributed by atoms with Crippen molar-refractivity contribution in [3.05, 3.63) is 35.4 Å². The molecule has 0 radical (unpaired) electrons. The third kappa shape index (κ3) is 5.04. The molecule has 0 spiro atoms. The van der Waals surface area contributed by atoms with E-state index in [0.717, 1.165) is 12.0 Å². The number of benzene rings is 1. The molecular formula is C17H26N2O3S. The highest BCUT2D eigenvalue weighted by Crippen LogP contribution is 2.22. The molecule has 1 saturated heterocycles. The molecule has 1 aliphatic rings. The first-order valence-electron chi connectivity index (χ1n) is 8.07. The Bertz CT molecular complexity index is 655. The zero-order valence-electron chi connectivity index (χ0n) is 14.1. The van der Waals surface area contributed by atoms with Crippen LogP contribution in [-0.4, -0.2) is 37.9 Å². The van der Waals surface area contributed by atoms with Crippen molar-refractivity contribution >= 4 is 15.7 Å². The normalized spacial score (nSPS) is 24.3. The Balaban J connectivity index is 1.84. The summed E-state index contributed by atoms with van der Waals surface area (Å²) in [5.41, 5.74) is 1.83. The van der Waals surface area contributed by atoms with Crippen LogP contribution in [0.5, 0.6) is 0 Å². The van der Waals surface area contributed by atoms with E-state index in [-0.39, 0.29) is 30.0 Å². The van der Waals surface area contributed by atoms with Crippen LogP contribution in [-0.2, 0) is 21.1 Å². The number of carbonyl (C=O) groups excluding carboxylic acids is 1. The van der Waals surface area contributed by atoms with Crippen LogP contribution in [0.4, 0.5) is 0 Å². The lowest BCUT2D eigenvalue weighted by Crippen LogP contribution is -2.48. The lowest BCUT2D eigenvalue weighted by Gasteiger charge is -2.24. The molecule has 128 valence electrons. The van der Waals surface area contributed by atoms with E-state index in [1.165, 1.54) is 5.56 Å². The molecule has 0 saturated carbocycles. The second-order valence-electron chi connectivity index (χ2n) is 6.64. The molecule has 2 atom stereocenters. The van der Waals surface area contributed by atoms with Gasteiger partial charge in [0, 0.05) is 5.54 Å². The van der Waals surface area contributed by atoms with Crippen LogP contribution >= 0.6 is 0 Å². The third-order valence-electron chi connectivity index (χ3n) is 4.44. The summed E-state index contributed by atoms with van der Waals surface area (Å²) in [4.78, 5) is 12.1. The summed E-state index contributed by atoms with van der Waals surface area (Å²) in [7, 11) is -2.97. The average Bonchev–Trinajstić information content (AvgIpc) is 2.79. The van der Waals surface area contributed by atoms with Crippen LogP contribution in [0.15, 0.2) is 24.3 Å². The van der Waals surface area contributed by atoms with E-state index in [1.807, 2.05) is 26.0 Å². The van der Waals surface area contributed by atoms with Gasteiger partial charge in [-0.15, -0.1) is 0 Å². The highest BCUT2D eigenvalue weighted by molar-refractivity contribution is 7.91. The Morgan fingerprint density at radius 1 is 1.30 bits per heavy atom. The van der Waals surface area contributed by atoms with Crippen molar-refractivity contribution in [2.24, 2.45) is 0 Å². The Kier molecular flexibility index (Phi) is 5.47. The van der Waals surface area contributed by atoms with Crippen molar-refractivity contribution < 1.29 is 13.2 Å². The van der Waals surface area contributed by atoms with Crippen LogP contribution < -0.4 is 10.6 Å². The van der Waals surface area contributed by atoms with E-state index < -0.39 is 15.4 Å². The SMILES string of the molecule is CCc1ccc(C(C)NC(=O)CNC2(C)CCS(=O)(=O)C2)cc1. The second kappa shape index (κ2) is 7.01. The minimum atomic E-state index is -2.97. The number of hydrogen-bond donors (Lipinski definition) is 2. The summed E-state index contributed by atoms with van der Waals surface area (Å²) in [5, 5.41) is 6.04. The maximum Gasteiger partial charge on any atom is 0.234 e. The van der Waals surface area contributed by atoms with Gasteiger partial charge in [-0.2, -0.15) is 0 Å². The van der Waals surface area contributed by atoms with Gasteiger partial charge in [-0.05, 0) is 37.8 Å². The van der Waals surface area contributed by atoms with E-state index in [9.17, 15) is 13.2 Å². The molecule has 1 aromatic carbocycles. The smallest absolute Gasteiger partial charge is 0.234 e. The molecule has 5 nitrogen and oxygen atoms in total. The topological polar surface area (TPSA) is 75.3 Å². The number of aryl methyl sites for hydroxylation is 1. The van der Waals surface area contributed by atoms with Crippen LogP contribution in [0.25, 0.3) is 0 Å². The summed E-state index contributed by atoms with van der Waals surface area (Å²) in [6, 6.07) is 8.13. The molecule has 2 N–H and O–H groups in total. The average molecular weight is 338 g/mol. The summed E-state index contributed by atoms with van der Waals surface area (Å²) in [6.07, 6.45) is 1.54. The molecular weight excluding hydrogens is 312 g/mol. The molecule has 23 heavy (non-hydrogen) atoms. The Morgan fingerprint density at radius 3 is 2.48 bits per heavy atom. The van der Waals surface area contributed by atoms with Gasteiger partial charge in [0.05, 0.1) is 24.1 Å². The quantitative estimate of drug-likeness (QED) is 0.826. The van der Waals surface area contributed by atoms with E-state index in [1.54, 1.807) is 0 Å². The molecule has 0 bridgehead atoms. The zero-order chi connectivity index (χ0) is 17.1. The Morgan fingerprint density at radius 2 is 1.96 bits per heavy atom. The fourth-order valence-electron chi connectivity index (χ4n) is 2.86. The lowest BCUT2D eigenvalue weighted by molar-refractivity contribution is -0.121. The van der Waals surface area contributed by atoms with Gasteiger partial charge in [-0.1, -0.05) is 31.2 Å². The molecule has 2 rings (SSSR count). The number of rotatable bonds is 6. The standard InChI is InChI=1S/C17H26N2O3S/c1-4-14-5-7-15(8-6-14)13(2)19-16(20)11-18-17(3)9-10-23(21,22)12-17/h5-8,13,18H,4,9-12H2,1-3H3,(H,19,20). The zero-order valence-corrected chi connectivity index (χ0v) is 14.9. The van der Waals surface area contributed by atoms with E-state index in [2.05, 4.69) is 29.7 Å². The fourth-order valence-corrected chi connectivity index (χ4v) is 4.98. The van der Waals surface area contributed by atoms with Crippen molar-refractivity contribution in [2.45, 2.75) is 45.2 Å². The van der Waals surface area contributed by atoms with Gasteiger partial charge in [0.25, 0.3) is 0 Å². The minimum Gasteiger partial charge on any atom is -0.348 e. The van der Waals surface area contributed by atoms with Gasteiger partial charge in [-0.25, -0.2) is 8.42 Å². The van der Waals surface area contributed by atoms with Crippen LogP contribution in [0.3, 0.4) is 0 Å². The van der Waals surface area contributed by atoms with Crippen LogP contribution in [0.1, 0.15) is 44.4 Å². The number of nitrogens with one attached hydrogen (secondary N) is 2. The van der Waals surface area contributed by atoms with E-state index >= 15 is 0 Å². The highest BCUT2D eigenvalue weighted by atomic mass is 32.2. The minimum absolute atomic E-state index is 0.0738. The van der Waals surface area contributed by atoms with Crippen LogP contribution in [0, 0.1) is 0 Å². The number of sulfone groups is 1. The molecule has 1 fully saturated rings. The largest absolute Gasteiger partial charge is 0.348 e. The van der Waals surface area contributed by atoms with Crippen molar-refractivity contribution in [3.63, 3.8) is 0 Å². The molecule has 6 heteroatoms. The van der Waals surface area contributed by atoms with Crippen molar-refractivity contribution in [3.8, 4) is 0 Å². The second-order valence-corrected chi connectivity index (χ2v) is 8.82. The maximum atomic E-state index is 12.1. The molecule has 1 aliphatic heterocycles. The summed E-state index contributed by atoms with van der Waals surface area (Å²) < 4.78 is 23.1. The Hall–Kier alpha value is -1.40. The molecule has 2 unspecified atom stereocenters. The number of amides is 1. The highest BCUT2D eigenvalue weighted by Gasteiger charge is 2.38. The summed E-state index contributed by atoms with van der Waals surface area (Å²) in [6.45, 7) is 6.04. The summed E-state index contributed by atoms with van der Waals surface area (Å²) >= 11 is 0. The fraction of sp³-hybridized carbons (Fsp3) is 0.588. The number of hydrogen-bond acceptors (Lipinski definition) is 4. The monoisotopic (exact) mass is 338 g/mol. The van der Waals surface area contributed by atoms with E-state index in [0.29, 0.717) is 6.42 Å². The van der Waals surface area contributed by atoms with Crippen molar-refractivity contribution in [1.29, 1.82) is 0 Å². The molecule has 1 heterocycles. The first kappa shape index (κ1) is 17.9. The maximum absolute atomic E-state index is 12.1.